The van der Waals surface area contributed by atoms with Gasteiger partial charge in [-0.2, -0.15) is 0 Å². The molecule has 0 fully saturated rings. The molecule has 4 N–H and O–H groups in total. The predicted molar refractivity (Wildman–Crippen MR) is 314 cm³/mol. The number of aliphatic hydroxyl groups excluding tert-OH is 4. The molecule has 0 atom stereocenters. The minimum absolute atomic E-state index is 0. The number of hydrogen-bond donors (Lipinski definition) is 4. The molecule has 0 amide bonds. The van der Waals surface area contributed by atoms with Crippen molar-refractivity contribution >= 4 is 46.7 Å². The van der Waals surface area contributed by atoms with Crippen molar-refractivity contribution in [2.45, 2.75) is 26.4 Å². The molecule has 0 unspecified atom stereocenters. The van der Waals surface area contributed by atoms with Crippen LogP contribution < -0.4 is 37.9 Å². The van der Waals surface area contributed by atoms with Crippen molar-refractivity contribution < 1.29 is 74.8 Å². The van der Waals surface area contributed by atoms with E-state index in [-0.39, 0.29) is 89.6 Å². The molecule has 0 saturated carbocycles. The number of rotatable bonds is 16. The Morgan fingerprint density at radius 3 is 0.612 bits per heavy atom. The van der Waals surface area contributed by atoms with Crippen LogP contribution in [0.15, 0.2) is 186 Å². The van der Waals surface area contributed by atoms with Crippen LogP contribution in [0.4, 0.5) is 0 Å². The number of methoxy groups -OCH3 is 4. The molecule has 20 nitrogen and oxygen atoms in total. The molecule has 5 heterocycles. The summed E-state index contributed by atoms with van der Waals surface area (Å²) in [6.45, 7) is -0.845. The number of ether oxygens (including phenoxy) is 8. The number of hydrogen-bond acceptors (Lipinski definition) is 20. The maximum atomic E-state index is 9.92. The van der Waals surface area contributed by atoms with Gasteiger partial charge in [0.15, 0.2) is 46.7 Å². The topological polar surface area (TPSA) is 254 Å². The van der Waals surface area contributed by atoms with E-state index in [0.29, 0.717) is 136 Å². The number of aliphatic imine (C=N–C) groups is 8. The van der Waals surface area contributed by atoms with E-state index in [0.717, 1.165) is 0 Å². The molecule has 85 heavy (non-hydrogen) atoms. The molecule has 8 aromatic rings. The van der Waals surface area contributed by atoms with Crippen molar-refractivity contribution in [1.29, 1.82) is 0 Å². The first-order chi connectivity index (χ1) is 41.1. The van der Waals surface area contributed by atoms with Crippen LogP contribution in [0.1, 0.15) is 66.8 Å². The summed E-state index contributed by atoms with van der Waals surface area (Å²) in [7, 11) is 6.10. The van der Waals surface area contributed by atoms with E-state index in [9.17, 15) is 20.4 Å². The Bertz CT molecular complexity index is 3790. The van der Waals surface area contributed by atoms with Gasteiger partial charge >= 0.3 is 0 Å². The summed E-state index contributed by atoms with van der Waals surface area (Å²) >= 11 is 0. The van der Waals surface area contributed by atoms with E-state index >= 15 is 0 Å². The summed E-state index contributed by atoms with van der Waals surface area (Å²) in [5.74, 6) is 7.67. The van der Waals surface area contributed by atoms with Crippen molar-refractivity contribution in [2.75, 3.05) is 28.4 Å². The molecular formula is C64H48N8NiO12. The van der Waals surface area contributed by atoms with Crippen LogP contribution in [0.3, 0.4) is 0 Å². The SMILES string of the molecule is COc1cc(Oc2ccc3c(c2)C2=NC3=NC3=NC(=NC4=NC(=NC5=NC(=N2)c2ccc(Oc6ccc(CO)c(OC)c6)cc25)c2ccc(Oc5ccc(CO)c(OC)c5)cc24)c2ccc(Oc4ccc(CO)c(OC)c4)cc23)ccc1CO.[Ni]. The van der Waals surface area contributed by atoms with Gasteiger partial charge in [0.25, 0.3) is 0 Å². The third kappa shape index (κ3) is 10.6. The maximum Gasteiger partial charge on any atom is 0.164 e. The van der Waals surface area contributed by atoms with Gasteiger partial charge in [-0.1, -0.05) is 0 Å². The second-order valence-electron chi connectivity index (χ2n) is 19.2. The first-order valence-electron chi connectivity index (χ1n) is 26.2. The second kappa shape index (κ2) is 23.2. The third-order valence-electron chi connectivity index (χ3n) is 14.2. The van der Waals surface area contributed by atoms with E-state index in [1.54, 1.807) is 97.1 Å². The number of aliphatic hydroxyl groups is 4. The van der Waals surface area contributed by atoms with Crippen LogP contribution >= 0.6 is 0 Å². The normalized spacial score (nSPS) is 13.8. The fraction of sp³-hybridized carbons (Fsp3) is 0.125. The molecule has 0 aliphatic carbocycles. The van der Waals surface area contributed by atoms with Gasteiger partial charge in [0.1, 0.15) is 69.0 Å². The molecule has 8 aromatic carbocycles. The van der Waals surface area contributed by atoms with E-state index in [1.807, 2.05) is 48.5 Å². The Hall–Kier alpha value is -10.1. The van der Waals surface area contributed by atoms with Crippen molar-refractivity contribution in [3.05, 3.63) is 212 Å². The molecule has 426 valence electrons. The van der Waals surface area contributed by atoms with E-state index in [1.165, 1.54) is 28.4 Å². The molecule has 21 heteroatoms. The Kier molecular flexibility index (Phi) is 15.1. The van der Waals surface area contributed by atoms with Gasteiger partial charge in [-0.15, -0.1) is 0 Å². The van der Waals surface area contributed by atoms with Gasteiger partial charge in [-0.05, 0) is 121 Å². The summed E-state index contributed by atoms with van der Waals surface area (Å²) < 4.78 is 47.8. The molecule has 0 spiro atoms. The van der Waals surface area contributed by atoms with Crippen LogP contribution in [-0.4, -0.2) is 95.6 Å². The zero-order chi connectivity index (χ0) is 57.6. The van der Waals surface area contributed by atoms with E-state index < -0.39 is 0 Å². The minimum atomic E-state index is -0.211. The van der Waals surface area contributed by atoms with Crippen LogP contribution in [0.5, 0.6) is 69.0 Å². The Balaban J connectivity index is 0.00000709. The van der Waals surface area contributed by atoms with Gasteiger partial charge in [-0.3, -0.25) is 0 Å². The van der Waals surface area contributed by atoms with Crippen LogP contribution in [0, 0.1) is 0 Å². The van der Waals surface area contributed by atoms with Crippen LogP contribution in [0.2, 0.25) is 0 Å². The van der Waals surface area contributed by atoms with Gasteiger partial charge in [0, 0.05) is 108 Å². The van der Waals surface area contributed by atoms with Crippen molar-refractivity contribution in [3.63, 3.8) is 0 Å². The minimum Gasteiger partial charge on any atom is -0.496 e. The monoisotopic (exact) mass is 1180 g/mol. The first-order valence-corrected chi connectivity index (χ1v) is 26.2. The smallest absolute Gasteiger partial charge is 0.164 e. The van der Waals surface area contributed by atoms with Crippen molar-refractivity contribution in [2.24, 2.45) is 39.9 Å². The van der Waals surface area contributed by atoms with Crippen molar-refractivity contribution in [1.82, 2.24) is 0 Å². The summed E-state index contributed by atoms with van der Waals surface area (Å²) in [4.78, 5) is 41.2. The molecular weight excluding hydrogens is 1130 g/mol. The molecule has 5 aliphatic rings. The zero-order valence-electron chi connectivity index (χ0n) is 45.6. The molecule has 5 aliphatic heterocycles. The molecule has 0 aromatic heterocycles. The van der Waals surface area contributed by atoms with E-state index in [2.05, 4.69) is 0 Å². The van der Waals surface area contributed by atoms with Gasteiger partial charge in [0.05, 0.1) is 54.9 Å². The predicted octanol–water partition coefficient (Wildman–Crippen LogP) is 10.00. The van der Waals surface area contributed by atoms with Gasteiger partial charge < -0.3 is 58.3 Å². The maximum absolute atomic E-state index is 9.92. The standard InChI is InChI=1S/C64H48N8O12.Ni/c1-77-53-25-41(9-5-33(53)29-73)81-37-13-17-45-49(21-37)61-65-57(45)70-62-51-23-39(83-43-11-7-35(31-75)55(27-43)79-3)15-19-47(51)59(67-62)72-64-52-24-40(84-44-12-8-36(32-76)56(28-44)80-4)16-20-48(52)60(68-64)71-63-50-22-38(14-18-46(50)58(66-63)69-61)82-42-10-6-34(30-74)54(26-42)78-2;/h5-28,73-76H,29-32H2,1-4H3;. The van der Waals surface area contributed by atoms with Crippen LogP contribution in [0.25, 0.3) is 0 Å². The fourth-order valence-corrected chi connectivity index (χ4v) is 10.1. The zero-order valence-corrected chi connectivity index (χ0v) is 46.6. The summed E-state index contributed by atoms with van der Waals surface area (Å²) in [6, 6.07) is 42.6. The van der Waals surface area contributed by atoms with E-state index in [4.69, 9.17) is 77.8 Å². The van der Waals surface area contributed by atoms with Gasteiger partial charge in [0.2, 0.25) is 0 Å². The largest absolute Gasteiger partial charge is 0.496 e. The molecule has 13 rings (SSSR count). The summed E-state index contributed by atoms with van der Waals surface area (Å²) in [6.07, 6.45) is 0. The summed E-state index contributed by atoms with van der Waals surface area (Å²) in [5.41, 5.74) is 7.14. The number of amidine groups is 8. The quantitative estimate of drug-likeness (QED) is 0.0660. The molecule has 0 radical (unpaired) electrons. The average Bonchev–Trinajstić information content (AvgIpc) is 3.74. The first kappa shape index (κ1) is 55.4. The number of nitrogens with zero attached hydrogens (tertiary/aromatic N) is 8. The van der Waals surface area contributed by atoms with Crippen LogP contribution in [-0.2, 0) is 42.9 Å². The average molecular weight is 1180 g/mol. The number of benzene rings is 8. The van der Waals surface area contributed by atoms with Crippen molar-refractivity contribution in [3.8, 4) is 69.0 Å². The fourth-order valence-electron chi connectivity index (χ4n) is 10.1. The Labute approximate surface area is 495 Å². The van der Waals surface area contributed by atoms with Gasteiger partial charge in [-0.25, -0.2) is 39.9 Å². The molecule has 8 bridgehead atoms. The Morgan fingerprint density at radius 2 is 0.424 bits per heavy atom. The molecule has 0 saturated heterocycles. The third-order valence-corrected chi connectivity index (χ3v) is 14.2. The second-order valence-corrected chi connectivity index (χ2v) is 19.2. The Morgan fingerprint density at radius 1 is 0.247 bits per heavy atom. The summed E-state index contributed by atoms with van der Waals surface area (Å²) in [5, 5.41) is 39.7. The number of fused-ring (bicyclic) bond motifs is 16.